The molecule has 126 valence electrons. The van der Waals surface area contributed by atoms with Crippen LogP contribution in [0.15, 0.2) is 18.2 Å². The average Bonchev–Trinajstić information content (AvgIpc) is 3.05. The van der Waals surface area contributed by atoms with E-state index in [9.17, 15) is 9.59 Å². The van der Waals surface area contributed by atoms with Gasteiger partial charge in [-0.05, 0) is 38.0 Å². The van der Waals surface area contributed by atoms with Crippen LogP contribution in [0.4, 0.5) is 10.5 Å². The van der Waals surface area contributed by atoms with Crippen LogP contribution in [0.1, 0.15) is 30.1 Å². The number of methoxy groups -OCH3 is 1. The van der Waals surface area contributed by atoms with Gasteiger partial charge in [-0.3, -0.25) is 4.79 Å². The van der Waals surface area contributed by atoms with E-state index in [2.05, 4.69) is 5.32 Å². The first kappa shape index (κ1) is 17.1. The minimum Gasteiger partial charge on any atom is -0.495 e. The lowest BCUT2D eigenvalue weighted by Crippen LogP contribution is -2.40. The predicted molar refractivity (Wildman–Crippen MR) is 86.8 cm³/mol. The number of nitrogens with zero attached hydrogens (tertiary/aromatic N) is 1. The number of rotatable bonds is 6. The van der Waals surface area contributed by atoms with E-state index in [1.54, 1.807) is 17.0 Å². The number of carbonyl (C=O) groups excluding carboxylic acids is 2. The lowest BCUT2D eigenvalue weighted by molar-refractivity contribution is 0.0849. The molecule has 1 fully saturated rings. The fourth-order valence-electron chi connectivity index (χ4n) is 2.54. The summed E-state index contributed by atoms with van der Waals surface area (Å²) in [6.07, 6.45) is 2.07. The molecule has 7 nitrogen and oxygen atoms in total. The Morgan fingerprint density at radius 2 is 2.26 bits per heavy atom. The van der Waals surface area contributed by atoms with Gasteiger partial charge in [-0.2, -0.15) is 0 Å². The van der Waals surface area contributed by atoms with Crippen molar-refractivity contribution in [3.05, 3.63) is 23.8 Å². The third-order valence-electron chi connectivity index (χ3n) is 3.84. The number of hydrogen-bond donors (Lipinski definition) is 2. The van der Waals surface area contributed by atoms with Crippen LogP contribution in [-0.4, -0.2) is 49.7 Å². The monoisotopic (exact) mass is 321 g/mol. The molecule has 0 spiro atoms. The Labute approximate surface area is 135 Å². The molecular formula is C16H23N3O4. The molecule has 1 saturated heterocycles. The molecule has 0 saturated carbocycles. The van der Waals surface area contributed by atoms with Gasteiger partial charge in [0, 0.05) is 25.3 Å². The lowest BCUT2D eigenvalue weighted by Gasteiger charge is -2.24. The highest BCUT2D eigenvalue weighted by Gasteiger charge is 2.22. The summed E-state index contributed by atoms with van der Waals surface area (Å²) in [6, 6.07) is 4.41. The highest BCUT2D eigenvalue weighted by molar-refractivity contribution is 5.97. The number of hydrogen-bond acceptors (Lipinski definition) is 4. The van der Waals surface area contributed by atoms with Crippen molar-refractivity contribution in [2.45, 2.75) is 25.9 Å². The summed E-state index contributed by atoms with van der Waals surface area (Å²) in [5, 5.41) is 2.78. The minimum absolute atomic E-state index is 0.0829. The Morgan fingerprint density at radius 1 is 1.48 bits per heavy atom. The van der Waals surface area contributed by atoms with Crippen LogP contribution in [0.2, 0.25) is 0 Å². The summed E-state index contributed by atoms with van der Waals surface area (Å²) in [5.74, 6) is -0.0913. The van der Waals surface area contributed by atoms with Gasteiger partial charge in [0.25, 0.3) is 0 Å². The standard InChI is InChI=1S/C16H23N3O4/c1-3-19(10-12-5-4-8-23-12)16(21)18-13-9-11(15(17)20)6-7-14(13)22-2/h6-7,9,12H,3-5,8,10H2,1-2H3,(H2,17,20)(H,18,21). The fourth-order valence-corrected chi connectivity index (χ4v) is 2.54. The van der Waals surface area contributed by atoms with Crippen LogP contribution in [-0.2, 0) is 4.74 Å². The zero-order valence-electron chi connectivity index (χ0n) is 13.5. The molecule has 1 aliphatic heterocycles. The van der Waals surface area contributed by atoms with Gasteiger partial charge in [0.1, 0.15) is 5.75 Å². The first-order valence-electron chi connectivity index (χ1n) is 7.70. The molecule has 1 atom stereocenters. The van der Waals surface area contributed by atoms with E-state index in [0.717, 1.165) is 19.4 Å². The highest BCUT2D eigenvalue weighted by atomic mass is 16.5. The van der Waals surface area contributed by atoms with Gasteiger partial charge in [-0.1, -0.05) is 0 Å². The summed E-state index contributed by atoms with van der Waals surface area (Å²) in [5.41, 5.74) is 6.01. The van der Waals surface area contributed by atoms with E-state index < -0.39 is 5.91 Å². The Morgan fingerprint density at radius 3 is 2.83 bits per heavy atom. The lowest BCUT2D eigenvalue weighted by atomic mass is 10.1. The molecule has 0 aliphatic carbocycles. The average molecular weight is 321 g/mol. The van der Waals surface area contributed by atoms with Crippen molar-refractivity contribution in [3.8, 4) is 5.75 Å². The highest BCUT2D eigenvalue weighted by Crippen LogP contribution is 2.26. The quantitative estimate of drug-likeness (QED) is 0.836. The molecule has 1 unspecified atom stereocenters. The van der Waals surface area contributed by atoms with E-state index in [-0.39, 0.29) is 12.1 Å². The molecule has 3 amide bonds. The van der Waals surface area contributed by atoms with E-state index in [4.69, 9.17) is 15.2 Å². The number of benzene rings is 1. The SMILES string of the molecule is CCN(CC1CCCO1)C(=O)Nc1cc(C(N)=O)ccc1OC. The molecule has 23 heavy (non-hydrogen) atoms. The maximum absolute atomic E-state index is 12.5. The number of nitrogens with one attached hydrogen (secondary N) is 1. The van der Waals surface area contributed by atoms with Crippen molar-refractivity contribution in [2.75, 3.05) is 32.1 Å². The van der Waals surface area contributed by atoms with Crippen molar-refractivity contribution >= 4 is 17.6 Å². The second-order valence-corrected chi connectivity index (χ2v) is 5.38. The van der Waals surface area contributed by atoms with E-state index in [1.165, 1.54) is 13.2 Å². The Bertz CT molecular complexity index is 570. The van der Waals surface area contributed by atoms with Gasteiger partial charge in [-0.25, -0.2) is 4.79 Å². The van der Waals surface area contributed by atoms with Crippen molar-refractivity contribution in [3.63, 3.8) is 0 Å². The van der Waals surface area contributed by atoms with Crippen LogP contribution >= 0.6 is 0 Å². The van der Waals surface area contributed by atoms with Crippen LogP contribution in [0.25, 0.3) is 0 Å². The molecule has 7 heteroatoms. The van der Waals surface area contributed by atoms with Gasteiger partial charge >= 0.3 is 6.03 Å². The summed E-state index contributed by atoms with van der Waals surface area (Å²) in [4.78, 5) is 25.4. The van der Waals surface area contributed by atoms with Crippen molar-refractivity contribution in [2.24, 2.45) is 5.73 Å². The Balaban J connectivity index is 2.10. The second kappa shape index (κ2) is 7.82. The van der Waals surface area contributed by atoms with E-state index in [1.807, 2.05) is 6.92 Å². The molecule has 3 N–H and O–H groups in total. The first-order chi connectivity index (χ1) is 11.0. The topological polar surface area (TPSA) is 93.9 Å². The third kappa shape index (κ3) is 4.35. The van der Waals surface area contributed by atoms with Gasteiger partial charge < -0.3 is 25.4 Å². The van der Waals surface area contributed by atoms with Crippen molar-refractivity contribution in [1.29, 1.82) is 0 Å². The molecule has 2 rings (SSSR count). The Hall–Kier alpha value is -2.28. The third-order valence-corrected chi connectivity index (χ3v) is 3.84. The fraction of sp³-hybridized carbons (Fsp3) is 0.500. The largest absolute Gasteiger partial charge is 0.495 e. The zero-order valence-corrected chi connectivity index (χ0v) is 13.5. The summed E-state index contributed by atoms with van der Waals surface area (Å²) >= 11 is 0. The molecule has 0 bridgehead atoms. The van der Waals surface area contributed by atoms with Crippen LogP contribution in [0, 0.1) is 0 Å². The van der Waals surface area contributed by atoms with Gasteiger partial charge in [-0.15, -0.1) is 0 Å². The van der Waals surface area contributed by atoms with Gasteiger partial charge in [0.15, 0.2) is 0 Å². The number of amides is 3. The number of carbonyl (C=O) groups is 2. The number of urea groups is 1. The number of primary amides is 1. The Kier molecular flexibility index (Phi) is 5.81. The number of anilines is 1. The molecule has 1 aromatic rings. The van der Waals surface area contributed by atoms with Crippen molar-refractivity contribution < 1.29 is 19.1 Å². The van der Waals surface area contributed by atoms with Crippen molar-refractivity contribution in [1.82, 2.24) is 4.90 Å². The predicted octanol–water partition coefficient (Wildman–Crippen LogP) is 1.83. The van der Waals surface area contributed by atoms with Gasteiger partial charge in [0.2, 0.25) is 5.91 Å². The molecular weight excluding hydrogens is 298 g/mol. The maximum Gasteiger partial charge on any atom is 0.322 e. The second-order valence-electron chi connectivity index (χ2n) is 5.38. The van der Waals surface area contributed by atoms with E-state index >= 15 is 0 Å². The van der Waals surface area contributed by atoms with E-state index in [0.29, 0.717) is 30.1 Å². The molecule has 0 aromatic heterocycles. The molecule has 1 heterocycles. The van der Waals surface area contributed by atoms with Crippen LogP contribution in [0.5, 0.6) is 5.75 Å². The first-order valence-corrected chi connectivity index (χ1v) is 7.70. The summed E-state index contributed by atoms with van der Waals surface area (Å²) < 4.78 is 10.8. The number of likely N-dealkylation sites (N-methyl/N-ethyl adjacent to an activating group) is 1. The summed E-state index contributed by atoms with van der Waals surface area (Å²) in [6.45, 7) is 3.76. The zero-order chi connectivity index (χ0) is 16.8. The molecule has 1 aliphatic rings. The smallest absolute Gasteiger partial charge is 0.322 e. The number of nitrogens with two attached hydrogens (primary N) is 1. The van der Waals surface area contributed by atoms with Crippen LogP contribution in [0.3, 0.4) is 0 Å². The van der Waals surface area contributed by atoms with Gasteiger partial charge in [0.05, 0.1) is 18.9 Å². The maximum atomic E-state index is 12.5. The number of ether oxygens (including phenoxy) is 2. The summed E-state index contributed by atoms with van der Waals surface area (Å²) in [7, 11) is 1.50. The minimum atomic E-state index is -0.560. The normalized spacial score (nSPS) is 16.9. The van der Waals surface area contributed by atoms with Crippen LogP contribution < -0.4 is 15.8 Å². The molecule has 0 radical (unpaired) electrons. The molecule has 1 aromatic carbocycles.